The highest BCUT2D eigenvalue weighted by atomic mass is 19.4. The van der Waals surface area contributed by atoms with Gasteiger partial charge < -0.3 is 4.74 Å². The molecule has 2 aliphatic rings. The molecule has 0 aromatic rings. The topological polar surface area (TPSA) is 26.3 Å². The molecule has 4 unspecified atom stereocenters. The lowest BCUT2D eigenvalue weighted by molar-refractivity contribution is -0.301. The van der Waals surface area contributed by atoms with Crippen LogP contribution in [0.25, 0.3) is 0 Å². The maximum atomic E-state index is 13.6. The van der Waals surface area contributed by atoms with Crippen LogP contribution in [0.4, 0.5) is 26.3 Å². The summed E-state index contributed by atoms with van der Waals surface area (Å²) >= 11 is 0. The van der Waals surface area contributed by atoms with E-state index in [0.717, 1.165) is 12.2 Å². The minimum absolute atomic E-state index is 0.344. The summed E-state index contributed by atoms with van der Waals surface area (Å²) in [7, 11) is 0. The Labute approximate surface area is 123 Å². The summed E-state index contributed by atoms with van der Waals surface area (Å²) in [5, 5.41) is 0. The number of carbonyl (C=O) groups is 1. The van der Waals surface area contributed by atoms with Crippen LogP contribution in [0, 0.1) is 23.2 Å². The third kappa shape index (κ3) is 2.40. The molecule has 0 amide bonds. The Morgan fingerprint density at radius 1 is 1.09 bits per heavy atom. The van der Waals surface area contributed by atoms with Gasteiger partial charge in [-0.1, -0.05) is 12.2 Å². The Morgan fingerprint density at radius 3 is 2.05 bits per heavy atom. The quantitative estimate of drug-likeness (QED) is 0.408. The van der Waals surface area contributed by atoms with Gasteiger partial charge in [0.05, 0.1) is 5.92 Å². The van der Waals surface area contributed by atoms with Gasteiger partial charge in [-0.05, 0) is 33.1 Å². The van der Waals surface area contributed by atoms with Crippen LogP contribution in [0.3, 0.4) is 0 Å². The van der Waals surface area contributed by atoms with Crippen molar-refractivity contribution in [3.63, 3.8) is 0 Å². The van der Waals surface area contributed by atoms with Crippen LogP contribution in [-0.2, 0) is 9.53 Å². The van der Waals surface area contributed by atoms with Gasteiger partial charge in [0.2, 0.25) is 0 Å². The first kappa shape index (κ1) is 17.1. The lowest BCUT2D eigenvalue weighted by Crippen LogP contribution is -2.58. The van der Waals surface area contributed by atoms with Crippen LogP contribution in [0.2, 0.25) is 0 Å². The van der Waals surface area contributed by atoms with Crippen LogP contribution >= 0.6 is 0 Å². The first-order valence-corrected chi connectivity index (χ1v) is 6.76. The highest BCUT2D eigenvalue weighted by Crippen LogP contribution is 2.67. The molecule has 126 valence electrons. The molecular formula is C14H16F6O2. The molecule has 0 aliphatic heterocycles. The van der Waals surface area contributed by atoms with E-state index in [9.17, 15) is 31.1 Å². The van der Waals surface area contributed by atoms with E-state index in [2.05, 4.69) is 0 Å². The zero-order valence-electron chi connectivity index (χ0n) is 12.2. The lowest BCUT2D eigenvalue weighted by atomic mass is 9.67. The summed E-state index contributed by atoms with van der Waals surface area (Å²) in [6.07, 6.45) is -8.65. The van der Waals surface area contributed by atoms with E-state index >= 15 is 0 Å². The predicted molar refractivity (Wildman–Crippen MR) is 64.6 cm³/mol. The fourth-order valence-corrected chi connectivity index (χ4v) is 3.52. The molecule has 1 saturated carbocycles. The van der Waals surface area contributed by atoms with E-state index < -0.39 is 47.1 Å². The van der Waals surface area contributed by atoms with E-state index in [-0.39, 0.29) is 6.42 Å². The molecule has 22 heavy (non-hydrogen) atoms. The number of hydrogen-bond acceptors (Lipinski definition) is 2. The summed E-state index contributed by atoms with van der Waals surface area (Å²) in [4.78, 5) is 12.2. The van der Waals surface area contributed by atoms with E-state index in [1.54, 1.807) is 0 Å². The molecule has 1 fully saturated rings. The van der Waals surface area contributed by atoms with Crippen LogP contribution in [0.1, 0.15) is 27.2 Å². The van der Waals surface area contributed by atoms with E-state index in [1.165, 1.54) is 20.8 Å². The molecule has 2 rings (SSSR count). The minimum atomic E-state index is -5.35. The van der Waals surface area contributed by atoms with Gasteiger partial charge in [0.25, 0.3) is 0 Å². The SMILES string of the molecule is CC(C)(C)OC(=O)C1(C(F)(F)F)C2C=CC(C2)C1C(F)(F)F. The fraction of sp³-hybridized carbons (Fsp3) is 0.786. The van der Waals surface area contributed by atoms with Gasteiger partial charge in [0.1, 0.15) is 5.60 Å². The molecule has 0 heterocycles. The Balaban J connectivity index is 2.59. The molecule has 2 nitrogen and oxygen atoms in total. The van der Waals surface area contributed by atoms with Crippen molar-refractivity contribution < 1.29 is 35.9 Å². The second kappa shape index (κ2) is 4.64. The van der Waals surface area contributed by atoms with E-state index in [0.29, 0.717) is 0 Å². The van der Waals surface area contributed by atoms with Crippen molar-refractivity contribution in [1.29, 1.82) is 0 Å². The molecule has 0 N–H and O–H groups in total. The molecule has 8 heteroatoms. The molecular weight excluding hydrogens is 314 g/mol. The number of esters is 1. The standard InChI is InChI=1S/C14H16F6O2/c1-11(2,3)22-10(21)12(14(18,19)20)8-5-4-7(6-8)9(12)13(15,16)17/h4-5,7-9H,6H2,1-3H3. The Bertz CT molecular complexity index is 499. The largest absolute Gasteiger partial charge is 0.459 e. The third-order valence-electron chi connectivity index (χ3n) is 4.18. The summed E-state index contributed by atoms with van der Waals surface area (Å²) in [6.45, 7) is 3.96. The second-order valence-corrected chi connectivity index (χ2v) is 6.78. The minimum Gasteiger partial charge on any atom is -0.459 e. The maximum Gasteiger partial charge on any atom is 0.406 e. The lowest BCUT2D eigenvalue weighted by Gasteiger charge is -2.42. The summed E-state index contributed by atoms with van der Waals surface area (Å²) in [5.74, 6) is -7.53. The Morgan fingerprint density at radius 2 is 1.64 bits per heavy atom. The molecule has 0 saturated heterocycles. The molecule has 2 aliphatic carbocycles. The number of carbonyl (C=O) groups excluding carboxylic acids is 1. The fourth-order valence-electron chi connectivity index (χ4n) is 3.52. The molecule has 0 radical (unpaired) electrons. The molecule has 0 aromatic heterocycles. The zero-order valence-corrected chi connectivity index (χ0v) is 12.2. The van der Waals surface area contributed by atoms with Gasteiger partial charge in [-0.25, -0.2) is 0 Å². The van der Waals surface area contributed by atoms with Gasteiger partial charge in [0, 0.05) is 5.92 Å². The van der Waals surface area contributed by atoms with Crippen LogP contribution in [0.15, 0.2) is 12.2 Å². The average molecular weight is 330 g/mol. The van der Waals surface area contributed by atoms with Crippen molar-refractivity contribution in [3.05, 3.63) is 12.2 Å². The number of halogens is 6. The number of fused-ring (bicyclic) bond motifs is 2. The van der Waals surface area contributed by atoms with Gasteiger partial charge in [-0.15, -0.1) is 0 Å². The van der Waals surface area contributed by atoms with Crippen molar-refractivity contribution in [2.24, 2.45) is 23.2 Å². The maximum absolute atomic E-state index is 13.6. The van der Waals surface area contributed by atoms with E-state index in [1.807, 2.05) is 0 Å². The Kier molecular flexibility index (Phi) is 3.62. The van der Waals surface area contributed by atoms with Crippen LogP contribution in [-0.4, -0.2) is 23.9 Å². The third-order valence-corrected chi connectivity index (χ3v) is 4.18. The predicted octanol–water partition coefficient (Wildman–Crippen LogP) is 4.26. The van der Waals surface area contributed by atoms with Crippen molar-refractivity contribution in [3.8, 4) is 0 Å². The Hall–Kier alpha value is -1.21. The van der Waals surface area contributed by atoms with Crippen molar-refractivity contribution in [2.45, 2.75) is 45.1 Å². The van der Waals surface area contributed by atoms with Gasteiger partial charge in [-0.2, -0.15) is 26.3 Å². The molecule has 4 atom stereocenters. The zero-order chi connectivity index (χ0) is 17.1. The summed E-state index contributed by atoms with van der Waals surface area (Å²) in [5.41, 5.74) is -4.87. The van der Waals surface area contributed by atoms with Gasteiger partial charge in [0.15, 0.2) is 5.41 Å². The number of allylic oxidation sites excluding steroid dienone is 2. The second-order valence-electron chi connectivity index (χ2n) is 6.78. The van der Waals surface area contributed by atoms with Gasteiger partial charge >= 0.3 is 18.3 Å². The molecule has 0 aromatic carbocycles. The number of alkyl halides is 6. The number of hydrogen-bond donors (Lipinski definition) is 0. The highest BCUT2D eigenvalue weighted by Gasteiger charge is 2.80. The average Bonchev–Trinajstić information content (AvgIpc) is 2.81. The first-order chi connectivity index (χ1) is 9.71. The molecule has 2 bridgehead atoms. The van der Waals surface area contributed by atoms with Crippen molar-refractivity contribution >= 4 is 5.97 Å². The monoisotopic (exact) mass is 330 g/mol. The van der Waals surface area contributed by atoms with E-state index in [4.69, 9.17) is 4.74 Å². The van der Waals surface area contributed by atoms with Crippen molar-refractivity contribution in [2.75, 3.05) is 0 Å². The van der Waals surface area contributed by atoms with Crippen LogP contribution in [0.5, 0.6) is 0 Å². The van der Waals surface area contributed by atoms with Crippen LogP contribution < -0.4 is 0 Å². The van der Waals surface area contributed by atoms with Gasteiger partial charge in [-0.3, -0.25) is 4.79 Å². The smallest absolute Gasteiger partial charge is 0.406 e. The normalized spacial score (nSPS) is 35.0. The summed E-state index contributed by atoms with van der Waals surface area (Å²) < 4.78 is 85.6. The summed E-state index contributed by atoms with van der Waals surface area (Å²) in [6, 6.07) is 0. The number of rotatable bonds is 1. The van der Waals surface area contributed by atoms with Crippen molar-refractivity contribution in [1.82, 2.24) is 0 Å². The highest BCUT2D eigenvalue weighted by molar-refractivity contribution is 5.81. The number of ether oxygens (including phenoxy) is 1. The first-order valence-electron chi connectivity index (χ1n) is 6.76. The molecule has 0 spiro atoms.